The summed E-state index contributed by atoms with van der Waals surface area (Å²) in [6.07, 6.45) is 2.32. The summed E-state index contributed by atoms with van der Waals surface area (Å²) in [7, 11) is 0. The highest BCUT2D eigenvalue weighted by molar-refractivity contribution is 7.10. The van der Waals surface area contributed by atoms with Crippen LogP contribution in [0.25, 0.3) is 0 Å². The van der Waals surface area contributed by atoms with Crippen LogP contribution in [0.15, 0.2) is 47.8 Å². The van der Waals surface area contributed by atoms with E-state index in [-0.39, 0.29) is 11.9 Å². The summed E-state index contributed by atoms with van der Waals surface area (Å²) in [5.41, 5.74) is 1.14. The monoisotopic (exact) mass is 314 g/mol. The molecular weight excluding hydrogens is 292 g/mol. The molecule has 116 valence electrons. The van der Waals surface area contributed by atoms with Crippen molar-refractivity contribution >= 4 is 17.2 Å². The Labute approximate surface area is 136 Å². The molecule has 0 aliphatic carbocycles. The molecule has 0 spiro atoms. The molecule has 1 aromatic carbocycles. The summed E-state index contributed by atoms with van der Waals surface area (Å²) in [5.74, 6) is 0.118. The smallest absolute Gasteiger partial charge is 0.237 e. The average molecular weight is 314 g/mol. The van der Waals surface area contributed by atoms with Gasteiger partial charge in [-0.3, -0.25) is 9.69 Å². The van der Waals surface area contributed by atoms with E-state index in [0.717, 1.165) is 18.5 Å². The van der Waals surface area contributed by atoms with E-state index in [1.807, 2.05) is 37.3 Å². The molecule has 3 rings (SSSR count). The van der Waals surface area contributed by atoms with E-state index in [2.05, 4.69) is 27.7 Å². The first-order valence-electron chi connectivity index (χ1n) is 7.86. The van der Waals surface area contributed by atoms with Crippen LogP contribution >= 0.6 is 11.3 Å². The molecule has 1 aromatic heterocycles. The minimum atomic E-state index is -0.0849. The van der Waals surface area contributed by atoms with E-state index >= 15 is 0 Å². The van der Waals surface area contributed by atoms with Crippen LogP contribution in [-0.2, 0) is 11.3 Å². The van der Waals surface area contributed by atoms with Crippen molar-refractivity contribution in [2.24, 2.45) is 0 Å². The van der Waals surface area contributed by atoms with E-state index in [0.29, 0.717) is 12.6 Å². The molecule has 1 amide bonds. The van der Waals surface area contributed by atoms with E-state index in [1.165, 1.54) is 11.3 Å². The van der Waals surface area contributed by atoms with Crippen LogP contribution in [0.2, 0.25) is 0 Å². The van der Waals surface area contributed by atoms with Crippen LogP contribution in [0.1, 0.15) is 36.2 Å². The summed E-state index contributed by atoms with van der Waals surface area (Å²) in [6.45, 7) is 3.62. The average Bonchev–Trinajstić information content (AvgIpc) is 3.23. The lowest BCUT2D eigenvalue weighted by Crippen LogP contribution is -2.44. The lowest BCUT2D eigenvalue weighted by atomic mass is 10.1. The molecule has 2 atom stereocenters. The summed E-state index contributed by atoms with van der Waals surface area (Å²) < 4.78 is 0. The number of nitrogens with zero attached hydrogens (tertiary/aromatic N) is 1. The zero-order valence-corrected chi connectivity index (χ0v) is 13.7. The van der Waals surface area contributed by atoms with Gasteiger partial charge in [-0.25, -0.2) is 0 Å². The van der Waals surface area contributed by atoms with Crippen molar-refractivity contribution in [2.45, 2.75) is 38.4 Å². The molecule has 2 aromatic rings. The van der Waals surface area contributed by atoms with Crippen LogP contribution in [-0.4, -0.2) is 23.4 Å². The zero-order chi connectivity index (χ0) is 15.4. The predicted octanol–water partition coefficient (Wildman–Crippen LogP) is 3.59. The maximum atomic E-state index is 12.5. The van der Waals surface area contributed by atoms with Gasteiger partial charge in [0.05, 0.1) is 6.04 Å². The number of hydrogen-bond donors (Lipinski definition) is 1. The van der Waals surface area contributed by atoms with Crippen molar-refractivity contribution in [3.8, 4) is 0 Å². The van der Waals surface area contributed by atoms with Gasteiger partial charge < -0.3 is 5.32 Å². The Morgan fingerprint density at radius 1 is 1.32 bits per heavy atom. The lowest BCUT2D eigenvalue weighted by Gasteiger charge is -2.29. The summed E-state index contributed by atoms with van der Waals surface area (Å²) in [5, 5.41) is 5.18. The Hall–Kier alpha value is -1.65. The maximum absolute atomic E-state index is 12.5. The van der Waals surface area contributed by atoms with Crippen LogP contribution in [0.4, 0.5) is 0 Å². The van der Waals surface area contributed by atoms with Gasteiger partial charge in [-0.05, 0) is 43.3 Å². The fourth-order valence-electron chi connectivity index (χ4n) is 3.12. The van der Waals surface area contributed by atoms with Crippen molar-refractivity contribution in [3.05, 3.63) is 58.3 Å². The fourth-order valence-corrected chi connectivity index (χ4v) is 4.00. The maximum Gasteiger partial charge on any atom is 0.237 e. The standard InChI is InChI=1S/C18H22N2OS/c1-14(18(21)19-13-15-7-3-2-4-8-15)20-11-5-9-16(20)17-10-6-12-22-17/h2-4,6-8,10,12,14,16H,5,9,11,13H2,1H3,(H,19,21). The number of nitrogens with one attached hydrogen (secondary N) is 1. The van der Waals surface area contributed by atoms with Crippen molar-refractivity contribution in [1.82, 2.24) is 10.2 Å². The molecule has 1 aliphatic rings. The quantitative estimate of drug-likeness (QED) is 0.914. The molecule has 0 saturated carbocycles. The number of carbonyl (C=O) groups excluding carboxylic acids is 1. The molecule has 2 unspecified atom stereocenters. The highest BCUT2D eigenvalue weighted by Crippen LogP contribution is 2.35. The molecule has 0 radical (unpaired) electrons. The van der Waals surface area contributed by atoms with E-state index in [1.54, 1.807) is 11.3 Å². The Balaban J connectivity index is 1.60. The molecule has 1 fully saturated rings. The van der Waals surface area contributed by atoms with Gasteiger partial charge in [-0.2, -0.15) is 0 Å². The number of carbonyl (C=O) groups is 1. The first kappa shape index (κ1) is 15.3. The van der Waals surface area contributed by atoms with Crippen molar-refractivity contribution in [1.29, 1.82) is 0 Å². The molecule has 1 saturated heterocycles. The Morgan fingerprint density at radius 2 is 2.14 bits per heavy atom. The topological polar surface area (TPSA) is 32.3 Å². The van der Waals surface area contributed by atoms with E-state index in [9.17, 15) is 4.79 Å². The predicted molar refractivity (Wildman–Crippen MR) is 90.8 cm³/mol. The largest absolute Gasteiger partial charge is 0.351 e. The normalized spacial score (nSPS) is 20.0. The number of rotatable bonds is 5. The van der Waals surface area contributed by atoms with Crippen LogP contribution < -0.4 is 5.32 Å². The van der Waals surface area contributed by atoms with Crippen molar-refractivity contribution < 1.29 is 4.79 Å². The highest BCUT2D eigenvalue weighted by Gasteiger charge is 2.33. The van der Waals surface area contributed by atoms with Gasteiger partial charge in [-0.1, -0.05) is 36.4 Å². The molecule has 4 heteroatoms. The molecule has 1 N–H and O–H groups in total. The second-order valence-corrected chi connectivity index (χ2v) is 6.77. The molecule has 3 nitrogen and oxygen atoms in total. The van der Waals surface area contributed by atoms with Gasteiger partial charge in [0, 0.05) is 17.5 Å². The van der Waals surface area contributed by atoms with Crippen LogP contribution in [0.5, 0.6) is 0 Å². The molecular formula is C18H22N2OS. The van der Waals surface area contributed by atoms with Gasteiger partial charge >= 0.3 is 0 Å². The number of thiophene rings is 1. The third kappa shape index (κ3) is 3.39. The number of amides is 1. The highest BCUT2D eigenvalue weighted by atomic mass is 32.1. The van der Waals surface area contributed by atoms with E-state index in [4.69, 9.17) is 0 Å². The van der Waals surface area contributed by atoms with Gasteiger partial charge in [-0.15, -0.1) is 11.3 Å². The van der Waals surface area contributed by atoms with Crippen LogP contribution in [0, 0.1) is 0 Å². The number of likely N-dealkylation sites (tertiary alicyclic amines) is 1. The Morgan fingerprint density at radius 3 is 2.86 bits per heavy atom. The second kappa shape index (κ2) is 7.07. The third-order valence-electron chi connectivity index (χ3n) is 4.35. The lowest BCUT2D eigenvalue weighted by molar-refractivity contribution is -0.126. The van der Waals surface area contributed by atoms with Crippen molar-refractivity contribution in [2.75, 3.05) is 6.54 Å². The second-order valence-electron chi connectivity index (χ2n) is 5.79. The first-order chi connectivity index (χ1) is 10.8. The Kier molecular flexibility index (Phi) is 4.90. The van der Waals surface area contributed by atoms with Gasteiger partial charge in [0.25, 0.3) is 0 Å². The minimum absolute atomic E-state index is 0.0849. The molecule has 22 heavy (non-hydrogen) atoms. The molecule has 1 aliphatic heterocycles. The minimum Gasteiger partial charge on any atom is -0.351 e. The summed E-state index contributed by atoms with van der Waals surface area (Å²) in [4.78, 5) is 16.2. The zero-order valence-electron chi connectivity index (χ0n) is 12.9. The first-order valence-corrected chi connectivity index (χ1v) is 8.74. The third-order valence-corrected chi connectivity index (χ3v) is 5.33. The van der Waals surface area contributed by atoms with Gasteiger partial charge in [0.2, 0.25) is 5.91 Å². The SMILES string of the molecule is CC(C(=O)NCc1ccccc1)N1CCCC1c1cccs1. The fraction of sp³-hybridized carbons (Fsp3) is 0.389. The Bertz CT molecular complexity index is 597. The van der Waals surface area contributed by atoms with Gasteiger partial charge in [0.15, 0.2) is 0 Å². The van der Waals surface area contributed by atoms with Crippen molar-refractivity contribution in [3.63, 3.8) is 0 Å². The molecule has 0 bridgehead atoms. The molecule has 2 heterocycles. The van der Waals surface area contributed by atoms with E-state index < -0.39 is 0 Å². The summed E-state index contributed by atoms with van der Waals surface area (Å²) in [6, 6.07) is 14.7. The van der Waals surface area contributed by atoms with Crippen LogP contribution in [0.3, 0.4) is 0 Å². The number of hydrogen-bond acceptors (Lipinski definition) is 3. The van der Waals surface area contributed by atoms with Gasteiger partial charge in [0.1, 0.15) is 0 Å². The summed E-state index contributed by atoms with van der Waals surface area (Å²) >= 11 is 1.79. The number of benzene rings is 1.